The van der Waals surface area contributed by atoms with Crippen LogP contribution >= 0.6 is 0 Å². The van der Waals surface area contributed by atoms with Crippen LogP contribution < -0.4 is 27.4 Å². The molecule has 7 N–H and O–H groups in total. The number of nitrogens with zero attached hydrogens (tertiary/aromatic N) is 1. The predicted molar refractivity (Wildman–Crippen MR) is 243 cm³/mol. The second kappa shape index (κ2) is 24.1. The minimum absolute atomic E-state index is 0.0129. The summed E-state index contributed by atoms with van der Waals surface area (Å²) >= 11 is 0. The van der Waals surface area contributed by atoms with Crippen molar-refractivity contribution in [1.82, 2.24) is 15.5 Å². The van der Waals surface area contributed by atoms with Crippen molar-refractivity contribution in [2.75, 3.05) is 32.6 Å². The minimum atomic E-state index is -0.683. The Balaban J connectivity index is 2.07. The smallest absolute Gasteiger partial charge is 0.312 e. The van der Waals surface area contributed by atoms with Gasteiger partial charge in [-0.05, 0) is 79.9 Å². The van der Waals surface area contributed by atoms with E-state index < -0.39 is 46.8 Å². The number of nitrogens with one attached hydrogen (secondary N) is 3. The number of anilines is 1. The van der Waals surface area contributed by atoms with Crippen LogP contribution in [-0.2, 0) is 40.7 Å². The molecule has 0 aromatic heterocycles. The minimum Gasteiger partial charge on any atom is -0.369 e. The van der Waals surface area contributed by atoms with Gasteiger partial charge >= 0.3 is 6.03 Å². The number of amides is 4. The van der Waals surface area contributed by atoms with Crippen LogP contribution in [0.2, 0.25) is 0 Å². The van der Waals surface area contributed by atoms with E-state index in [9.17, 15) is 28.8 Å². The SMILES string of the molecule is C/C(=C\[C@@H](NC(=O)[C@@H](CC(=O)[C@@H](N(C)C)C(C)(C)c1ccccc1)C(C)(C)C)C(C)C)C(=O)COCc1ccc(NC(=O)[C@H](CCCNC(N)=O)CC(=O)[C@@H](N)C(C)C)cc1. The summed E-state index contributed by atoms with van der Waals surface area (Å²) in [5.74, 6) is -2.39. The van der Waals surface area contributed by atoms with E-state index in [1.807, 2.05) is 97.8 Å². The van der Waals surface area contributed by atoms with Crippen LogP contribution in [0.15, 0.2) is 66.2 Å². The van der Waals surface area contributed by atoms with Crippen molar-refractivity contribution >= 4 is 40.9 Å². The van der Waals surface area contributed by atoms with Crippen LogP contribution in [-0.4, -0.2) is 85.5 Å². The molecule has 0 aliphatic heterocycles. The number of ketones is 3. The monoisotopic (exact) mass is 847 g/mol. The normalized spacial score (nSPS) is 14.9. The number of urea groups is 1. The lowest BCUT2D eigenvalue weighted by Gasteiger charge is -2.40. The molecular weight excluding hydrogens is 773 g/mol. The number of benzene rings is 2. The summed E-state index contributed by atoms with van der Waals surface area (Å²) in [5.41, 5.74) is 13.0. The van der Waals surface area contributed by atoms with Gasteiger partial charge in [-0.3, -0.25) is 28.9 Å². The summed E-state index contributed by atoms with van der Waals surface area (Å²) in [7, 11) is 3.79. The highest BCUT2D eigenvalue weighted by atomic mass is 16.5. The highest BCUT2D eigenvalue weighted by molar-refractivity contribution is 5.97. The fraction of sp³-hybridized carbons (Fsp3) is 0.583. The molecule has 0 radical (unpaired) electrons. The molecule has 61 heavy (non-hydrogen) atoms. The Bertz CT molecular complexity index is 1800. The Hall–Kier alpha value is -4.72. The first-order valence-corrected chi connectivity index (χ1v) is 21.4. The fourth-order valence-electron chi connectivity index (χ4n) is 7.44. The van der Waals surface area contributed by atoms with Crippen molar-refractivity contribution < 1.29 is 33.5 Å². The quantitative estimate of drug-likeness (QED) is 0.0559. The Morgan fingerprint density at radius 3 is 1.95 bits per heavy atom. The first kappa shape index (κ1) is 52.4. The van der Waals surface area contributed by atoms with Crippen molar-refractivity contribution in [1.29, 1.82) is 0 Å². The maximum Gasteiger partial charge on any atom is 0.312 e. The second-order valence-corrected chi connectivity index (χ2v) is 18.8. The molecular formula is C48H74N6O7. The molecule has 2 aromatic rings. The number of ether oxygens (including phenoxy) is 1. The number of hydrogen-bond donors (Lipinski definition) is 5. The van der Waals surface area contributed by atoms with Crippen molar-refractivity contribution in [3.8, 4) is 0 Å². The molecule has 5 atom stereocenters. The lowest BCUT2D eigenvalue weighted by Crippen LogP contribution is -2.52. The number of Topliss-reactive ketones (excluding diaryl/α,β-unsaturated/α-hetero) is 3. The molecule has 0 heterocycles. The summed E-state index contributed by atoms with van der Waals surface area (Å²) in [5, 5.41) is 8.52. The second-order valence-electron chi connectivity index (χ2n) is 18.8. The highest BCUT2D eigenvalue weighted by Gasteiger charge is 2.42. The molecule has 13 heteroatoms. The number of hydrogen-bond acceptors (Lipinski definition) is 9. The zero-order valence-electron chi connectivity index (χ0n) is 38.7. The number of carbonyl (C=O) groups excluding carboxylic acids is 6. The summed E-state index contributed by atoms with van der Waals surface area (Å²) in [6.45, 7) is 19.6. The van der Waals surface area contributed by atoms with Gasteiger partial charge in [0.2, 0.25) is 11.8 Å². The van der Waals surface area contributed by atoms with Crippen LogP contribution in [0, 0.1) is 29.1 Å². The number of carbonyl (C=O) groups is 6. The third-order valence-electron chi connectivity index (χ3n) is 11.3. The van der Waals surface area contributed by atoms with E-state index in [2.05, 4.69) is 29.8 Å². The first-order chi connectivity index (χ1) is 28.4. The van der Waals surface area contributed by atoms with Crippen molar-refractivity contribution in [2.24, 2.45) is 40.6 Å². The molecule has 0 saturated heterocycles. The molecule has 0 aliphatic carbocycles. The van der Waals surface area contributed by atoms with Gasteiger partial charge in [-0.1, -0.05) is 111 Å². The van der Waals surface area contributed by atoms with Gasteiger partial charge in [0.05, 0.1) is 24.7 Å². The number of likely N-dealkylation sites (N-methyl/N-ethyl adjacent to an activating group) is 1. The van der Waals surface area contributed by atoms with E-state index in [-0.39, 0.29) is 73.6 Å². The molecule has 2 aromatic carbocycles. The molecule has 4 amide bonds. The van der Waals surface area contributed by atoms with Crippen molar-refractivity contribution in [3.63, 3.8) is 0 Å². The van der Waals surface area contributed by atoms with E-state index in [0.717, 1.165) is 11.1 Å². The van der Waals surface area contributed by atoms with Crippen molar-refractivity contribution in [3.05, 3.63) is 77.4 Å². The summed E-state index contributed by atoms with van der Waals surface area (Å²) in [6, 6.07) is 14.7. The topological polar surface area (TPSA) is 203 Å². The number of rotatable bonds is 25. The Labute approximate surface area is 364 Å². The fourth-order valence-corrected chi connectivity index (χ4v) is 7.44. The van der Waals surface area contributed by atoms with Gasteiger partial charge in [-0.25, -0.2) is 4.79 Å². The molecule has 0 fully saturated rings. The van der Waals surface area contributed by atoms with Gasteiger partial charge < -0.3 is 32.2 Å². The Morgan fingerprint density at radius 2 is 1.43 bits per heavy atom. The van der Waals surface area contributed by atoms with Gasteiger partial charge in [0.15, 0.2) is 17.3 Å². The summed E-state index contributed by atoms with van der Waals surface area (Å²) in [6.07, 6.45) is 2.61. The number of primary amides is 1. The molecule has 13 nitrogen and oxygen atoms in total. The van der Waals surface area contributed by atoms with Crippen LogP contribution in [0.1, 0.15) is 106 Å². The zero-order chi connectivity index (χ0) is 46.2. The zero-order valence-corrected chi connectivity index (χ0v) is 38.7. The first-order valence-electron chi connectivity index (χ1n) is 21.4. The third-order valence-corrected chi connectivity index (χ3v) is 11.3. The van der Waals surface area contributed by atoms with Crippen LogP contribution in [0.25, 0.3) is 0 Å². The van der Waals surface area contributed by atoms with E-state index in [1.54, 1.807) is 37.3 Å². The van der Waals surface area contributed by atoms with Crippen LogP contribution in [0.4, 0.5) is 10.5 Å². The van der Waals surface area contributed by atoms with Crippen LogP contribution in [0.5, 0.6) is 0 Å². The van der Waals surface area contributed by atoms with Crippen molar-refractivity contribution in [2.45, 2.75) is 125 Å². The Kier molecular flexibility index (Phi) is 20.7. The van der Waals surface area contributed by atoms with Gasteiger partial charge in [-0.2, -0.15) is 0 Å². The third kappa shape index (κ3) is 16.9. The molecule has 0 spiro atoms. The maximum absolute atomic E-state index is 14.1. The van der Waals surface area contributed by atoms with Crippen LogP contribution in [0.3, 0.4) is 0 Å². The molecule has 2 rings (SSSR count). The molecule has 0 unspecified atom stereocenters. The molecule has 0 aliphatic rings. The standard InChI is InChI=1S/C48H74N6O7/c1-30(2)38(53-45(59)37(47(6,7)8)27-40(56)43(54(11)12)48(9,10)35-18-14-13-15-19-35)25-32(5)41(57)29-61-28-33-20-22-36(23-21-33)52-44(58)34(17-16-24-51-46(50)60)26-39(55)42(49)31(3)4/h13-15,18-23,25,30-31,34,37-38,42-43H,16-17,24,26-29,49H2,1-12H3,(H,52,58)(H,53,59)(H3,50,51,60)/b32-25+/t34-,37-,38-,42+,43-/m1/s1. The van der Waals surface area contributed by atoms with E-state index in [0.29, 0.717) is 24.1 Å². The Morgan fingerprint density at radius 1 is 0.820 bits per heavy atom. The van der Waals surface area contributed by atoms with Gasteiger partial charge in [0.25, 0.3) is 0 Å². The van der Waals surface area contributed by atoms with E-state index >= 15 is 0 Å². The van der Waals surface area contributed by atoms with Gasteiger partial charge in [0.1, 0.15) is 6.61 Å². The lowest BCUT2D eigenvalue weighted by atomic mass is 9.71. The molecule has 0 saturated carbocycles. The average Bonchev–Trinajstić information content (AvgIpc) is 3.17. The van der Waals surface area contributed by atoms with E-state index in [4.69, 9.17) is 16.2 Å². The maximum atomic E-state index is 14.1. The molecule has 338 valence electrons. The van der Waals surface area contributed by atoms with E-state index in [1.165, 1.54) is 0 Å². The lowest BCUT2D eigenvalue weighted by molar-refractivity contribution is -0.136. The summed E-state index contributed by atoms with van der Waals surface area (Å²) < 4.78 is 5.78. The molecule has 0 bridgehead atoms. The highest BCUT2D eigenvalue weighted by Crippen LogP contribution is 2.35. The largest absolute Gasteiger partial charge is 0.369 e. The average molecular weight is 847 g/mol. The number of nitrogens with two attached hydrogens (primary N) is 2. The van der Waals surface area contributed by atoms with Gasteiger partial charge in [-0.15, -0.1) is 0 Å². The van der Waals surface area contributed by atoms with Gasteiger partial charge in [0, 0.05) is 42.3 Å². The predicted octanol–water partition coefficient (Wildman–Crippen LogP) is 6.33. The summed E-state index contributed by atoms with van der Waals surface area (Å²) in [4.78, 5) is 80.4.